The number of hydrogen-bond acceptors (Lipinski definition) is 4. The lowest BCUT2D eigenvalue weighted by Gasteiger charge is -2.13. The molecule has 0 bridgehead atoms. The summed E-state index contributed by atoms with van der Waals surface area (Å²) in [6.45, 7) is 3.02. The van der Waals surface area contributed by atoms with Crippen LogP contribution in [0.25, 0.3) is 0 Å². The fourth-order valence-corrected chi connectivity index (χ4v) is 3.64. The van der Waals surface area contributed by atoms with Crippen LogP contribution in [0.2, 0.25) is 0 Å². The minimum atomic E-state index is 0.0599. The van der Waals surface area contributed by atoms with Crippen LogP contribution in [-0.4, -0.2) is 31.5 Å². The van der Waals surface area contributed by atoms with Gasteiger partial charge in [-0.3, -0.25) is 0 Å². The summed E-state index contributed by atoms with van der Waals surface area (Å²) in [5.74, 6) is 0.800. The lowest BCUT2D eigenvalue weighted by molar-refractivity contribution is 0.0938. The quantitative estimate of drug-likeness (QED) is 0.530. The molecule has 0 fully saturated rings. The van der Waals surface area contributed by atoms with Gasteiger partial charge in [0.25, 0.3) is 0 Å². The number of hydrogen-bond donors (Lipinski definition) is 2. The summed E-state index contributed by atoms with van der Waals surface area (Å²) in [6.07, 6.45) is 0. The fourth-order valence-electron chi connectivity index (χ4n) is 2.13. The number of halogens is 2. The fraction of sp³-hybridized carbons (Fsp3) is 0.333. The predicted molar refractivity (Wildman–Crippen MR) is 102 cm³/mol. The van der Waals surface area contributed by atoms with Crippen molar-refractivity contribution < 1.29 is 14.6 Å². The van der Waals surface area contributed by atoms with Crippen LogP contribution in [0.15, 0.2) is 51.4 Å². The topological polar surface area (TPSA) is 50.7 Å². The van der Waals surface area contributed by atoms with Crippen LogP contribution in [0, 0.1) is 0 Å². The van der Waals surface area contributed by atoms with Crippen LogP contribution in [0.5, 0.6) is 5.75 Å². The highest BCUT2D eigenvalue weighted by atomic mass is 79.9. The molecule has 0 aliphatic rings. The van der Waals surface area contributed by atoms with Crippen LogP contribution in [0.4, 0.5) is 0 Å². The van der Waals surface area contributed by atoms with E-state index in [1.807, 2.05) is 42.5 Å². The molecular weight excluding hydrogens is 438 g/mol. The van der Waals surface area contributed by atoms with Crippen LogP contribution < -0.4 is 10.1 Å². The molecule has 24 heavy (non-hydrogen) atoms. The Morgan fingerprint density at radius 3 is 2.33 bits per heavy atom. The highest BCUT2D eigenvalue weighted by Gasteiger charge is 2.09. The van der Waals surface area contributed by atoms with Gasteiger partial charge in [-0.2, -0.15) is 0 Å². The number of aliphatic hydroxyl groups is 1. The maximum Gasteiger partial charge on any atom is 0.148 e. The maximum atomic E-state index is 8.64. The summed E-state index contributed by atoms with van der Waals surface area (Å²) in [5.41, 5.74) is 2.27. The van der Waals surface area contributed by atoms with E-state index in [9.17, 15) is 0 Å². The largest absolute Gasteiger partial charge is 0.487 e. The normalized spacial score (nSPS) is 10.8. The molecule has 0 aromatic heterocycles. The van der Waals surface area contributed by atoms with Crippen molar-refractivity contribution in [1.29, 1.82) is 0 Å². The first kappa shape index (κ1) is 19.4. The molecule has 0 amide bonds. The molecule has 2 aromatic rings. The maximum absolute atomic E-state index is 8.64. The van der Waals surface area contributed by atoms with Crippen LogP contribution in [-0.2, 0) is 17.9 Å². The Bertz CT molecular complexity index is 600. The standard InChI is InChI=1S/C18H21Br2NO3/c19-16-10-15(12-21-6-8-23-9-7-22)11-17(20)18(16)24-13-14-4-2-1-3-5-14/h1-5,10-11,21-22H,6-9,12-13H2. The molecule has 2 aromatic carbocycles. The number of nitrogens with one attached hydrogen (secondary N) is 1. The Hall–Kier alpha value is -0.920. The zero-order valence-electron chi connectivity index (χ0n) is 13.3. The molecule has 0 aliphatic carbocycles. The second kappa shape index (κ2) is 10.8. The zero-order valence-corrected chi connectivity index (χ0v) is 16.5. The van der Waals surface area contributed by atoms with Gasteiger partial charge in [0.05, 0.1) is 28.8 Å². The second-order valence-electron chi connectivity index (χ2n) is 5.18. The van der Waals surface area contributed by atoms with E-state index < -0.39 is 0 Å². The number of rotatable bonds is 10. The Labute approximate surface area is 159 Å². The van der Waals surface area contributed by atoms with E-state index in [1.165, 1.54) is 0 Å². The van der Waals surface area contributed by atoms with Gasteiger partial charge < -0.3 is 19.9 Å². The molecule has 0 saturated carbocycles. The van der Waals surface area contributed by atoms with Crippen LogP contribution in [0.3, 0.4) is 0 Å². The average Bonchev–Trinajstić information content (AvgIpc) is 2.58. The van der Waals surface area contributed by atoms with Crippen molar-refractivity contribution in [2.24, 2.45) is 0 Å². The third-order valence-corrected chi connectivity index (χ3v) is 4.45. The molecule has 2 N–H and O–H groups in total. The molecular formula is C18H21Br2NO3. The highest BCUT2D eigenvalue weighted by molar-refractivity contribution is 9.11. The Balaban J connectivity index is 1.86. The van der Waals surface area contributed by atoms with E-state index in [0.717, 1.165) is 38.9 Å². The first-order chi connectivity index (χ1) is 11.7. The van der Waals surface area contributed by atoms with Gasteiger partial charge >= 0.3 is 0 Å². The number of benzene rings is 2. The Kier molecular flexibility index (Phi) is 8.77. The van der Waals surface area contributed by atoms with Crippen molar-refractivity contribution in [3.63, 3.8) is 0 Å². The van der Waals surface area contributed by atoms with E-state index in [0.29, 0.717) is 19.8 Å². The van der Waals surface area contributed by atoms with E-state index in [4.69, 9.17) is 14.6 Å². The van der Waals surface area contributed by atoms with Gasteiger partial charge in [-0.05, 0) is 55.1 Å². The lowest BCUT2D eigenvalue weighted by atomic mass is 10.2. The van der Waals surface area contributed by atoms with Gasteiger partial charge in [0, 0.05) is 13.1 Å². The monoisotopic (exact) mass is 457 g/mol. The molecule has 6 heteroatoms. The van der Waals surface area contributed by atoms with Crippen molar-refractivity contribution in [3.8, 4) is 5.75 Å². The minimum absolute atomic E-state index is 0.0599. The van der Waals surface area contributed by atoms with Gasteiger partial charge in [0.1, 0.15) is 12.4 Å². The summed E-state index contributed by atoms with van der Waals surface area (Å²) in [6, 6.07) is 14.2. The van der Waals surface area contributed by atoms with Crippen LogP contribution >= 0.6 is 31.9 Å². The van der Waals surface area contributed by atoms with Gasteiger partial charge in [-0.1, -0.05) is 30.3 Å². The molecule has 0 heterocycles. The van der Waals surface area contributed by atoms with Crippen molar-refractivity contribution >= 4 is 31.9 Å². The first-order valence-corrected chi connectivity index (χ1v) is 9.33. The molecule has 0 spiro atoms. The molecule has 4 nitrogen and oxygen atoms in total. The zero-order chi connectivity index (χ0) is 17.2. The summed E-state index contributed by atoms with van der Waals surface area (Å²) < 4.78 is 13.0. The van der Waals surface area contributed by atoms with E-state index >= 15 is 0 Å². The van der Waals surface area contributed by atoms with Gasteiger partial charge in [-0.25, -0.2) is 0 Å². The highest BCUT2D eigenvalue weighted by Crippen LogP contribution is 2.35. The van der Waals surface area contributed by atoms with Crippen molar-refractivity contribution in [3.05, 3.63) is 62.5 Å². The number of ether oxygens (including phenoxy) is 2. The van der Waals surface area contributed by atoms with E-state index in [2.05, 4.69) is 37.2 Å². The predicted octanol–water partition coefficient (Wildman–Crippen LogP) is 3.89. The third kappa shape index (κ3) is 6.53. The molecule has 0 unspecified atom stereocenters. The summed E-state index contributed by atoms with van der Waals surface area (Å²) in [7, 11) is 0. The molecule has 0 radical (unpaired) electrons. The Morgan fingerprint density at radius 2 is 1.67 bits per heavy atom. The van der Waals surface area contributed by atoms with Gasteiger partial charge in [-0.15, -0.1) is 0 Å². The number of aliphatic hydroxyl groups excluding tert-OH is 1. The minimum Gasteiger partial charge on any atom is -0.487 e. The molecule has 0 saturated heterocycles. The van der Waals surface area contributed by atoms with Crippen molar-refractivity contribution in [2.45, 2.75) is 13.2 Å². The van der Waals surface area contributed by atoms with Gasteiger partial charge in [0.2, 0.25) is 0 Å². The van der Waals surface area contributed by atoms with E-state index in [1.54, 1.807) is 0 Å². The summed E-state index contributed by atoms with van der Waals surface area (Å²) in [5, 5.41) is 11.9. The van der Waals surface area contributed by atoms with Crippen molar-refractivity contribution in [1.82, 2.24) is 5.32 Å². The lowest BCUT2D eigenvalue weighted by Crippen LogP contribution is -2.20. The molecule has 0 atom stereocenters. The van der Waals surface area contributed by atoms with E-state index in [-0.39, 0.29) is 6.61 Å². The summed E-state index contributed by atoms with van der Waals surface area (Å²) in [4.78, 5) is 0. The third-order valence-electron chi connectivity index (χ3n) is 3.27. The molecule has 2 rings (SSSR count). The Morgan fingerprint density at radius 1 is 0.958 bits per heavy atom. The second-order valence-corrected chi connectivity index (χ2v) is 6.88. The SMILES string of the molecule is OCCOCCNCc1cc(Br)c(OCc2ccccc2)c(Br)c1. The molecule has 0 aliphatic heterocycles. The summed E-state index contributed by atoms with van der Waals surface area (Å²) >= 11 is 7.16. The first-order valence-electron chi connectivity index (χ1n) is 7.74. The van der Waals surface area contributed by atoms with Crippen molar-refractivity contribution in [2.75, 3.05) is 26.4 Å². The van der Waals surface area contributed by atoms with Crippen LogP contribution in [0.1, 0.15) is 11.1 Å². The average molecular weight is 459 g/mol. The molecule has 130 valence electrons. The smallest absolute Gasteiger partial charge is 0.148 e. The van der Waals surface area contributed by atoms with Gasteiger partial charge in [0.15, 0.2) is 0 Å².